The number of rotatable bonds is 16. The molecule has 0 bridgehead atoms. The fourth-order valence-electron chi connectivity index (χ4n) is 3.98. The van der Waals surface area contributed by atoms with Crippen LogP contribution < -0.4 is 33.2 Å². The zero-order chi connectivity index (χ0) is 27.3. The Kier molecular flexibility index (Phi) is 14.0. The van der Waals surface area contributed by atoms with Crippen LogP contribution in [-0.2, 0) is 24.0 Å². The molecule has 5 atom stereocenters. The van der Waals surface area contributed by atoms with Crippen LogP contribution in [0.1, 0.15) is 65.2 Å². The molecule has 206 valence electrons. The van der Waals surface area contributed by atoms with E-state index in [2.05, 4.69) is 16.0 Å². The van der Waals surface area contributed by atoms with Crippen LogP contribution in [0.3, 0.4) is 0 Å². The summed E-state index contributed by atoms with van der Waals surface area (Å²) in [6.45, 7) is 4.12. The van der Waals surface area contributed by atoms with Crippen molar-refractivity contribution >= 4 is 29.6 Å². The number of nitrogens with zero attached hydrogens (tertiary/aromatic N) is 1. The van der Waals surface area contributed by atoms with Crippen molar-refractivity contribution in [2.75, 3.05) is 19.6 Å². The Hall–Kier alpha value is -2.77. The van der Waals surface area contributed by atoms with Crippen LogP contribution in [0.5, 0.6) is 0 Å². The average molecular weight is 514 g/mol. The number of carboxylic acid groups (broad SMARTS) is 1. The van der Waals surface area contributed by atoms with Crippen molar-refractivity contribution in [2.24, 2.45) is 17.2 Å². The van der Waals surface area contributed by atoms with E-state index in [0.717, 1.165) is 0 Å². The van der Waals surface area contributed by atoms with Gasteiger partial charge in [0, 0.05) is 6.54 Å². The SMILES string of the molecule is C[C@H](N)C(=O)N[C@@H](CCCCN)C(=O)N[C@@H](C)C(=O)N[C@@H](CCCCN)C(=O)N1CCC[C@H]1C(=O)O. The number of likely N-dealkylation sites (tertiary alicyclic amines) is 1. The first-order valence-corrected chi connectivity index (χ1v) is 12.6. The predicted octanol–water partition coefficient (Wildman–Crippen LogP) is -1.86. The third-order valence-corrected chi connectivity index (χ3v) is 6.13. The quantitative estimate of drug-likeness (QED) is 0.115. The van der Waals surface area contributed by atoms with Gasteiger partial charge in [0.15, 0.2) is 0 Å². The Balaban J connectivity index is 2.87. The molecular formula is C23H43N7O6. The number of carbonyl (C=O) groups excluding carboxylic acids is 4. The molecule has 0 unspecified atom stereocenters. The lowest BCUT2D eigenvalue weighted by Gasteiger charge is -2.28. The second-order valence-corrected chi connectivity index (χ2v) is 9.24. The molecule has 10 N–H and O–H groups in total. The van der Waals surface area contributed by atoms with Crippen LogP contribution in [0.25, 0.3) is 0 Å². The molecule has 1 aliphatic heterocycles. The van der Waals surface area contributed by atoms with Crippen LogP contribution in [0.2, 0.25) is 0 Å². The van der Waals surface area contributed by atoms with Gasteiger partial charge in [-0.1, -0.05) is 0 Å². The molecule has 0 saturated carbocycles. The van der Waals surface area contributed by atoms with E-state index in [1.165, 1.54) is 18.7 Å². The van der Waals surface area contributed by atoms with Crippen LogP contribution in [0, 0.1) is 0 Å². The predicted molar refractivity (Wildman–Crippen MR) is 133 cm³/mol. The Bertz CT molecular complexity index is 763. The molecule has 36 heavy (non-hydrogen) atoms. The first kappa shape index (κ1) is 31.3. The van der Waals surface area contributed by atoms with Crippen molar-refractivity contribution in [1.29, 1.82) is 0 Å². The lowest BCUT2D eigenvalue weighted by Crippen LogP contribution is -2.57. The first-order valence-electron chi connectivity index (χ1n) is 12.6. The van der Waals surface area contributed by atoms with Gasteiger partial charge in [-0.3, -0.25) is 19.2 Å². The summed E-state index contributed by atoms with van der Waals surface area (Å²) in [5, 5.41) is 17.3. The topological polar surface area (TPSA) is 223 Å². The molecule has 4 amide bonds. The lowest BCUT2D eigenvalue weighted by atomic mass is 10.1. The molecule has 13 heteroatoms. The largest absolute Gasteiger partial charge is 0.480 e. The summed E-state index contributed by atoms with van der Waals surface area (Å²) in [5.74, 6) is -3.19. The van der Waals surface area contributed by atoms with Gasteiger partial charge >= 0.3 is 5.97 Å². The van der Waals surface area contributed by atoms with Crippen molar-refractivity contribution < 1.29 is 29.1 Å². The average Bonchev–Trinajstić information content (AvgIpc) is 3.32. The van der Waals surface area contributed by atoms with Crippen LogP contribution in [0.15, 0.2) is 0 Å². The number of nitrogens with two attached hydrogens (primary N) is 3. The summed E-state index contributed by atoms with van der Waals surface area (Å²) in [6, 6.07) is -4.59. The van der Waals surface area contributed by atoms with Gasteiger partial charge in [-0.25, -0.2) is 4.79 Å². The number of amides is 4. The molecule has 1 fully saturated rings. The molecule has 0 aromatic carbocycles. The number of nitrogens with one attached hydrogen (secondary N) is 3. The van der Waals surface area contributed by atoms with Crippen LogP contribution in [0.4, 0.5) is 0 Å². The number of hydrogen-bond acceptors (Lipinski definition) is 8. The third kappa shape index (κ3) is 10.1. The Morgan fingerprint density at radius 1 is 0.861 bits per heavy atom. The number of carbonyl (C=O) groups is 5. The Morgan fingerprint density at radius 3 is 1.94 bits per heavy atom. The third-order valence-electron chi connectivity index (χ3n) is 6.13. The van der Waals surface area contributed by atoms with E-state index in [1.807, 2.05) is 0 Å². The summed E-state index contributed by atoms with van der Waals surface area (Å²) in [4.78, 5) is 63.7. The number of unbranched alkanes of at least 4 members (excludes halogenated alkanes) is 2. The molecule has 0 radical (unpaired) electrons. The minimum absolute atomic E-state index is 0.289. The number of aliphatic carboxylic acids is 1. The monoisotopic (exact) mass is 513 g/mol. The maximum atomic E-state index is 13.1. The van der Waals surface area contributed by atoms with Gasteiger partial charge in [-0.05, 0) is 78.3 Å². The standard InChI is InChI=1S/C23H43N7O6/c1-14(26)19(31)28-16(8-3-5-11-24)21(33)27-15(2)20(32)29-17(9-4-6-12-25)22(34)30-13-7-10-18(30)23(35)36/h14-18H,3-13,24-26H2,1-2H3,(H,27,33)(H,28,31)(H,29,32)(H,35,36)/t14-,15-,16-,17-,18-/m0/s1. The van der Waals surface area contributed by atoms with E-state index in [4.69, 9.17) is 17.2 Å². The Labute approximate surface area is 212 Å². The van der Waals surface area contributed by atoms with Crippen molar-refractivity contribution in [3.05, 3.63) is 0 Å². The molecule has 0 spiro atoms. The van der Waals surface area contributed by atoms with Crippen LogP contribution >= 0.6 is 0 Å². The highest BCUT2D eigenvalue weighted by atomic mass is 16.4. The van der Waals surface area contributed by atoms with E-state index >= 15 is 0 Å². The second kappa shape index (κ2) is 16.1. The van der Waals surface area contributed by atoms with Crippen molar-refractivity contribution in [2.45, 2.75) is 95.4 Å². The van der Waals surface area contributed by atoms with Gasteiger partial charge in [0.1, 0.15) is 24.2 Å². The zero-order valence-corrected chi connectivity index (χ0v) is 21.3. The molecule has 1 rings (SSSR count). The number of hydrogen-bond donors (Lipinski definition) is 7. The molecular weight excluding hydrogens is 470 g/mol. The number of carboxylic acids is 1. The molecule has 1 saturated heterocycles. The fraction of sp³-hybridized carbons (Fsp3) is 0.783. The van der Waals surface area contributed by atoms with Gasteiger partial charge in [0.2, 0.25) is 23.6 Å². The highest BCUT2D eigenvalue weighted by molar-refractivity contribution is 5.95. The van der Waals surface area contributed by atoms with Crippen molar-refractivity contribution in [3.8, 4) is 0 Å². The highest BCUT2D eigenvalue weighted by Crippen LogP contribution is 2.20. The summed E-state index contributed by atoms with van der Waals surface area (Å²) in [6.07, 6.45) is 3.98. The van der Waals surface area contributed by atoms with Crippen molar-refractivity contribution in [3.63, 3.8) is 0 Å². The molecule has 0 aromatic rings. The highest BCUT2D eigenvalue weighted by Gasteiger charge is 2.38. The van der Waals surface area contributed by atoms with E-state index in [-0.39, 0.29) is 6.42 Å². The second-order valence-electron chi connectivity index (χ2n) is 9.24. The molecule has 0 aliphatic carbocycles. The summed E-state index contributed by atoms with van der Waals surface area (Å²) < 4.78 is 0. The maximum Gasteiger partial charge on any atom is 0.326 e. The smallest absolute Gasteiger partial charge is 0.326 e. The molecule has 0 aromatic heterocycles. The zero-order valence-electron chi connectivity index (χ0n) is 21.3. The molecule has 1 heterocycles. The van der Waals surface area contributed by atoms with Gasteiger partial charge in [0.05, 0.1) is 6.04 Å². The van der Waals surface area contributed by atoms with Crippen LogP contribution in [-0.4, -0.2) is 89.4 Å². The fourth-order valence-corrected chi connectivity index (χ4v) is 3.98. The summed E-state index contributed by atoms with van der Waals surface area (Å²) in [5.41, 5.74) is 16.7. The minimum Gasteiger partial charge on any atom is -0.480 e. The normalized spacial score (nSPS) is 18.6. The molecule has 1 aliphatic rings. The maximum absolute atomic E-state index is 13.1. The van der Waals surface area contributed by atoms with E-state index in [0.29, 0.717) is 64.6 Å². The van der Waals surface area contributed by atoms with Gasteiger partial charge in [0.25, 0.3) is 0 Å². The first-order chi connectivity index (χ1) is 17.0. The van der Waals surface area contributed by atoms with E-state index in [1.54, 1.807) is 0 Å². The van der Waals surface area contributed by atoms with Gasteiger partial charge in [-0.2, -0.15) is 0 Å². The lowest BCUT2D eigenvalue weighted by molar-refractivity contribution is -0.149. The van der Waals surface area contributed by atoms with E-state index < -0.39 is 59.8 Å². The Morgan fingerprint density at radius 2 is 1.42 bits per heavy atom. The summed E-state index contributed by atoms with van der Waals surface area (Å²) in [7, 11) is 0. The minimum atomic E-state index is -1.08. The van der Waals surface area contributed by atoms with Gasteiger partial charge in [-0.15, -0.1) is 0 Å². The molecule has 13 nitrogen and oxygen atoms in total. The van der Waals surface area contributed by atoms with Gasteiger partial charge < -0.3 is 43.2 Å². The van der Waals surface area contributed by atoms with E-state index in [9.17, 15) is 29.1 Å². The summed E-state index contributed by atoms with van der Waals surface area (Å²) >= 11 is 0. The van der Waals surface area contributed by atoms with Crippen molar-refractivity contribution in [1.82, 2.24) is 20.9 Å².